The normalized spacial score (nSPS) is 15.3. The average molecular weight is 312 g/mol. The zero-order valence-electron chi connectivity index (χ0n) is 14.0. The van der Waals surface area contributed by atoms with Crippen LogP contribution in [0, 0.1) is 11.3 Å². The monoisotopic (exact) mass is 312 g/mol. The lowest BCUT2D eigenvalue weighted by molar-refractivity contribution is -0.136. The maximum absolute atomic E-state index is 12.2. The first-order valence-electron chi connectivity index (χ1n) is 8.32. The van der Waals surface area contributed by atoms with Crippen LogP contribution >= 0.6 is 0 Å². The van der Waals surface area contributed by atoms with Crippen LogP contribution < -0.4 is 0 Å². The van der Waals surface area contributed by atoms with E-state index >= 15 is 0 Å². The molecule has 1 aromatic carbocycles. The largest absolute Gasteiger partial charge is 0.327 e. The van der Waals surface area contributed by atoms with Crippen LogP contribution in [0.25, 0.3) is 0 Å². The van der Waals surface area contributed by atoms with Gasteiger partial charge in [-0.1, -0.05) is 37.6 Å². The Bertz CT molecular complexity index is 609. The maximum atomic E-state index is 12.2. The molecular formula is C19H24N2O2. The number of amides is 1. The topological polar surface area (TPSA) is 61.2 Å². The first kappa shape index (κ1) is 17.2. The summed E-state index contributed by atoms with van der Waals surface area (Å²) in [6.45, 7) is 2.12. The van der Waals surface area contributed by atoms with Crippen molar-refractivity contribution in [2.24, 2.45) is 0 Å². The summed E-state index contributed by atoms with van der Waals surface area (Å²) in [5, 5.41) is 9.27. The molecule has 0 aliphatic heterocycles. The lowest BCUT2D eigenvalue weighted by Crippen LogP contribution is -2.53. The first-order valence-corrected chi connectivity index (χ1v) is 8.32. The molecular weight excluding hydrogens is 288 g/mol. The summed E-state index contributed by atoms with van der Waals surface area (Å²) in [5.74, 6) is -0.142. The van der Waals surface area contributed by atoms with Crippen molar-refractivity contribution in [2.45, 2.75) is 57.4 Å². The molecule has 0 N–H and O–H groups in total. The Morgan fingerprint density at radius 2 is 1.87 bits per heavy atom. The average Bonchev–Trinajstić information content (AvgIpc) is 2.52. The van der Waals surface area contributed by atoms with Crippen LogP contribution in [0.5, 0.6) is 0 Å². The number of ketones is 1. The van der Waals surface area contributed by atoms with E-state index in [2.05, 4.69) is 13.0 Å². The van der Waals surface area contributed by atoms with E-state index in [-0.39, 0.29) is 24.5 Å². The van der Waals surface area contributed by atoms with E-state index in [1.54, 1.807) is 7.05 Å². The lowest BCUT2D eigenvalue weighted by atomic mass is 9.76. The first-order chi connectivity index (χ1) is 11.0. The van der Waals surface area contributed by atoms with E-state index in [9.17, 15) is 14.9 Å². The number of carbonyl (C=O) groups excluding carboxylic acids is 2. The van der Waals surface area contributed by atoms with E-state index < -0.39 is 5.54 Å². The van der Waals surface area contributed by atoms with E-state index in [1.807, 2.05) is 24.3 Å². The van der Waals surface area contributed by atoms with Gasteiger partial charge in [-0.3, -0.25) is 9.59 Å². The number of hydrogen-bond acceptors (Lipinski definition) is 3. The molecule has 23 heavy (non-hydrogen) atoms. The highest BCUT2D eigenvalue weighted by Crippen LogP contribution is 2.36. The fourth-order valence-corrected chi connectivity index (χ4v) is 2.95. The molecule has 0 aromatic heterocycles. The van der Waals surface area contributed by atoms with E-state index in [0.717, 1.165) is 32.1 Å². The van der Waals surface area contributed by atoms with Gasteiger partial charge < -0.3 is 4.90 Å². The molecule has 1 amide bonds. The van der Waals surface area contributed by atoms with Gasteiger partial charge in [0.2, 0.25) is 5.91 Å². The SMILES string of the molecule is CCCc1ccc(C(=O)CCC(=O)N(C)C2(C#N)CCC2)cc1. The number of hydrogen-bond donors (Lipinski definition) is 0. The predicted octanol–water partition coefficient (Wildman–Crippen LogP) is 3.51. The number of nitriles is 1. The molecule has 1 aromatic rings. The number of carbonyl (C=O) groups is 2. The quantitative estimate of drug-likeness (QED) is 0.724. The molecule has 0 unspecified atom stereocenters. The van der Waals surface area contributed by atoms with Crippen LogP contribution in [0.15, 0.2) is 24.3 Å². The van der Waals surface area contributed by atoms with Crippen LogP contribution in [-0.2, 0) is 11.2 Å². The minimum Gasteiger partial charge on any atom is -0.327 e. The third-order valence-corrected chi connectivity index (χ3v) is 4.79. The molecule has 4 nitrogen and oxygen atoms in total. The predicted molar refractivity (Wildman–Crippen MR) is 89.0 cm³/mol. The van der Waals surface area contributed by atoms with Gasteiger partial charge in [-0.2, -0.15) is 5.26 Å². The molecule has 0 spiro atoms. The Morgan fingerprint density at radius 1 is 1.22 bits per heavy atom. The van der Waals surface area contributed by atoms with E-state index in [1.165, 1.54) is 10.5 Å². The fraction of sp³-hybridized carbons (Fsp3) is 0.526. The zero-order valence-corrected chi connectivity index (χ0v) is 14.0. The van der Waals surface area contributed by atoms with E-state index in [4.69, 9.17) is 0 Å². The van der Waals surface area contributed by atoms with Gasteiger partial charge in [0.15, 0.2) is 5.78 Å². The number of rotatable bonds is 7. The van der Waals surface area contributed by atoms with Crippen molar-refractivity contribution in [3.05, 3.63) is 35.4 Å². The van der Waals surface area contributed by atoms with Gasteiger partial charge in [0, 0.05) is 25.5 Å². The second-order valence-electron chi connectivity index (χ2n) is 6.32. The van der Waals surface area contributed by atoms with Crippen LogP contribution in [0.3, 0.4) is 0 Å². The second-order valence-corrected chi connectivity index (χ2v) is 6.32. The standard InChI is InChI=1S/C19H24N2O2/c1-3-5-15-6-8-16(9-7-15)17(22)10-11-18(23)21(2)19(14-20)12-4-13-19/h6-9H,3-5,10-13H2,1-2H3. The van der Waals surface area contributed by atoms with Crippen molar-refractivity contribution in [1.82, 2.24) is 4.90 Å². The van der Waals surface area contributed by atoms with Crippen LogP contribution in [0.4, 0.5) is 0 Å². The lowest BCUT2D eigenvalue weighted by Gasteiger charge is -2.43. The van der Waals surface area contributed by atoms with Gasteiger partial charge in [0.05, 0.1) is 6.07 Å². The van der Waals surface area contributed by atoms with Crippen molar-refractivity contribution in [2.75, 3.05) is 7.05 Å². The number of benzene rings is 1. The highest BCUT2D eigenvalue weighted by Gasteiger charge is 2.43. The molecule has 4 heteroatoms. The smallest absolute Gasteiger partial charge is 0.224 e. The molecule has 0 saturated heterocycles. The molecule has 1 fully saturated rings. The Kier molecular flexibility index (Phi) is 5.54. The maximum Gasteiger partial charge on any atom is 0.224 e. The molecule has 1 aliphatic carbocycles. The van der Waals surface area contributed by atoms with Gasteiger partial charge in [-0.25, -0.2) is 0 Å². The van der Waals surface area contributed by atoms with Crippen molar-refractivity contribution in [1.29, 1.82) is 5.26 Å². The molecule has 0 bridgehead atoms. The number of aryl methyl sites for hydroxylation is 1. The molecule has 1 aliphatic rings. The third-order valence-electron chi connectivity index (χ3n) is 4.79. The Morgan fingerprint density at radius 3 is 2.35 bits per heavy atom. The van der Waals surface area contributed by atoms with Crippen molar-refractivity contribution in [3.63, 3.8) is 0 Å². The molecule has 0 atom stereocenters. The van der Waals surface area contributed by atoms with Gasteiger partial charge in [-0.05, 0) is 31.2 Å². The summed E-state index contributed by atoms with van der Waals surface area (Å²) in [5.41, 5.74) is 1.24. The zero-order chi connectivity index (χ0) is 16.9. The summed E-state index contributed by atoms with van der Waals surface area (Å²) < 4.78 is 0. The van der Waals surface area contributed by atoms with Gasteiger partial charge in [0.1, 0.15) is 5.54 Å². The van der Waals surface area contributed by atoms with E-state index in [0.29, 0.717) is 5.56 Å². The van der Waals surface area contributed by atoms with Crippen molar-refractivity contribution < 1.29 is 9.59 Å². The third kappa shape index (κ3) is 3.79. The second kappa shape index (κ2) is 7.41. The van der Waals surface area contributed by atoms with Crippen LogP contribution in [0.1, 0.15) is 61.4 Å². The van der Waals surface area contributed by atoms with Gasteiger partial charge >= 0.3 is 0 Å². The summed E-state index contributed by atoms with van der Waals surface area (Å²) in [6, 6.07) is 9.88. The summed E-state index contributed by atoms with van der Waals surface area (Å²) in [4.78, 5) is 26.0. The van der Waals surface area contributed by atoms with Crippen LogP contribution in [-0.4, -0.2) is 29.2 Å². The highest BCUT2D eigenvalue weighted by atomic mass is 16.2. The number of nitrogens with zero attached hydrogens (tertiary/aromatic N) is 2. The number of Topliss-reactive ketones (excluding diaryl/α,β-unsaturated/α-hetero) is 1. The summed E-state index contributed by atoms with van der Waals surface area (Å²) >= 11 is 0. The highest BCUT2D eigenvalue weighted by molar-refractivity contribution is 5.98. The molecule has 2 rings (SSSR count). The minimum absolute atomic E-state index is 0.0191. The summed E-state index contributed by atoms with van der Waals surface area (Å²) in [7, 11) is 1.68. The minimum atomic E-state index is -0.637. The van der Waals surface area contributed by atoms with Crippen LogP contribution in [0.2, 0.25) is 0 Å². The van der Waals surface area contributed by atoms with Gasteiger partial charge in [-0.15, -0.1) is 0 Å². The van der Waals surface area contributed by atoms with Crippen molar-refractivity contribution in [3.8, 4) is 6.07 Å². The Balaban J connectivity index is 1.88. The van der Waals surface area contributed by atoms with Gasteiger partial charge in [0.25, 0.3) is 0 Å². The van der Waals surface area contributed by atoms with Crippen molar-refractivity contribution >= 4 is 11.7 Å². The Hall–Kier alpha value is -2.15. The molecule has 1 saturated carbocycles. The molecule has 0 radical (unpaired) electrons. The Labute approximate surface area is 138 Å². The molecule has 122 valence electrons. The fourth-order valence-electron chi connectivity index (χ4n) is 2.95. The molecule has 0 heterocycles. The summed E-state index contributed by atoms with van der Waals surface area (Å²) in [6.07, 6.45) is 4.89.